The molecular formula is C18H14Cl2N2O2. The first-order valence-corrected chi connectivity index (χ1v) is 8.10. The number of rotatable bonds is 4. The van der Waals surface area contributed by atoms with Crippen molar-refractivity contribution in [1.82, 2.24) is 4.98 Å². The van der Waals surface area contributed by atoms with Crippen molar-refractivity contribution in [3.8, 4) is 0 Å². The molecule has 24 heavy (non-hydrogen) atoms. The molecule has 0 spiro atoms. The smallest absolute Gasteiger partial charge is 0.250 e. The summed E-state index contributed by atoms with van der Waals surface area (Å²) in [5.41, 5.74) is 2.47. The summed E-state index contributed by atoms with van der Waals surface area (Å²) < 4.78 is 0. The molecule has 0 aliphatic heterocycles. The average Bonchev–Trinajstić information content (AvgIpc) is 3.00. The van der Waals surface area contributed by atoms with E-state index in [0.29, 0.717) is 16.4 Å². The normalized spacial score (nSPS) is 12.1. The molecule has 122 valence electrons. The van der Waals surface area contributed by atoms with Crippen LogP contribution in [0.5, 0.6) is 0 Å². The lowest BCUT2D eigenvalue weighted by Gasteiger charge is -2.11. The van der Waals surface area contributed by atoms with Crippen molar-refractivity contribution in [2.45, 2.75) is 12.3 Å². The highest BCUT2D eigenvalue weighted by Crippen LogP contribution is 2.24. The van der Waals surface area contributed by atoms with Crippen LogP contribution in [0.25, 0.3) is 10.9 Å². The minimum absolute atomic E-state index is 0.293. The molecular weight excluding hydrogens is 347 g/mol. The number of aromatic nitrogens is 1. The number of benzene rings is 2. The van der Waals surface area contributed by atoms with Crippen LogP contribution in [0, 0.1) is 6.92 Å². The van der Waals surface area contributed by atoms with Crippen molar-refractivity contribution < 1.29 is 9.59 Å². The van der Waals surface area contributed by atoms with Crippen LogP contribution >= 0.6 is 23.2 Å². The van der Waals surface area contributed by atoms with E-state index in [-0.39, 0.29) is 0 Å². The predicted octanol–water partition coefficient (Wildman–Crippen LogP) is 4.56. The number of hydrogen-bond acceptors (Lipinski definition) is 2. The van der Waals surface area contributed by atoms with Gasteiger partial charge in [-0.2, -0.15) is 0 Å². The second-order valence-corrected chi connectivity index (χ2v) is 6.31. The van der Waals surface area contributed by atoms with Gasteiger partial charge in [0.15, 0.2) is 5.38 Å². The van der Waals surface area contributed by atoms with Gasteiger partial charge in [0, 0.05) is 10.9 Å². The topological polar surface area (TPSA) is 62.0 Å². The summed E-state index contributed by atoms with van der Waals surface area (Å²) in [7, 11) is 0. The van der Waals surface area contributed by atoms with Crippen LogP contribution < -0.4 is 5.32 Å². The van der Waals surface area contributed by atoms with E-state index >= 15 is 0 Å². The molecule has 0 bridgehead atoms. The third-order valence-electron chi connectivity index (χ3n) is 3.64. The second-order valence-electron chi connectivity index (χ2n) is 5.47. The van der Waals surface area contributed by atoms with Gasteiger partial charge in [-0.1, -0.05) is 35.9 Å². The third kappa shape index (κ3) is 3.30. The highest BCUT2D eigenvalue weighted by molar-refractivity contribution is 6.45. The Morgan fingerprint density at radius 2 is 1.88 bits per heavy atom. The van der Waals surface area contributed by atoms with E-state index in [2.05, 4.69) is 10.3 Å². The molecule has 1 atom stereocenters. The lowest BCUT2D eigenvalue weighted by molar-refractivity contribution is -0.115. The molecule has 0 fully saturated rings. The van der Waals surface area contributed by atoms with E-state index < -0.39 is 17.1 Å². The summed E-state index contributed by atoms with van der Waals surface area (Å²) in [6, 6.07) is 14.4. The zero-order valence-electron chi connectivity index (χ0n) is 12.8. The second kappa shape index (κ2) is 6.67. The third-order valence-corrected chi connectivity index (χ3v) is 4.36. The van der Waals surface area contributed by atoms with Crippen LogP contribution in [0.2, 0.25) is 5.02 Å². The largest absolute Gasteiger partial charge is 0.352 e. The Kier molecular flexibility index (Phi) is 4.60. The fourth-order valence-corrected chi connectivity index (χ4v) is 2.73. The fourth-order valence-electron chi connectivity index (χ4n) is 2.39. The van der Waals surface area contributed by atoms with Crippen LogP contribution in [0.3, 0.4) is 0 Å². The maximum absolute atomic E-state index is 12.4. The molecule has 2 N–H and O–H groups in total. The van der Waals surface area contributed by atoms with Crippen molar-refractivity contribution in [3.63, 3.8) is 0 Å². The number of carbonyl (C=O) groups excluding carboxylic acids is 2. The van der Waals surface area contributed by atoms with Crippen LogP contribution in [0.1, 0.15) is 16.1 Å². The van der Waals surface area contributed by atoms with Crippen molar-refractivity contribution in [3.05, 3.63) is 64.8 Å². The number of fused-ring (bicyclic) bond motifs is 1. The zero-order chi connectivity index (χ0) is 17.3. The van der Waals surface area contributed by atoms with Gasteiger partial charge < -0.3 is 10.3 Å². The van der Waals surface area contributed by atoms with Crippen LogP contribution in [-0.4, -0.2) is 22.1 Å². The lowest BCUT2D eigenvalue weighted by atomic mass is 10.1. The number of anilines is 1. The van der Waals surface area contributed by atoms with Gasteiger partial charge in [-0.05, 0) is 36.8 Å². The molecule has 0 saturated carbocycles. The number of H-pyrrole nitrogens is 1. The SMILES string of the molecule is Cc1ccc(Cl)c(NC(=O)C(Cl)C(=O)c2cc3ccccc3[nH]2)c1. The van der Waals surface area contributed by atoms with Crippen molar-refractivity contribution in [2.75, 3.05) is 5.32 Å². The molecule has 0 saturated heterocycles. The van der Waals surface area contributed by atoms with Gasteiger partial charge in [-0.15, -0.1) is 11.6 Å². The molecule has 0 radical (unpaired) electrons. The van der Waals surface area contributed by atoms with E-state index in [4.69, 9.17) is 23.2 Å². The lowest BCUT2D eigenvalue weighted by Crippen LogP contribution is -2.30. The number of Topliss-reactive ketones (excluding diaryl/α,β-unsaturated/α-hetero) is 1. The standard InChI is InChI=1S/C18H14Cl2N2O2/c1-10-6-7-12(19)14(8-10)22-18(24)16(20)17(23)15-9-11-4-2-3-5-13(11)21-15/h2-9,16,21H,1H3,(H,22,24). The number of amides is 1. The highest BCUT2D eigenvalue weighted by Gasteiger charge is 2.27. The Morgan fingerprint density at radius 3 is 2.62 bits per heavy atom. The van der Waals surface area contributed by atoms with Gasteiger partial charge in [0.05, 0.1) is 16.4 Å². The van der Waals surface area contributed by atoms with E-state index in [9.17, 15) is 9.59 Å². The predicted molar refractivity (Wildman–Crippen MR) is 97.1 cm³/mol. The van der Waals surface area contributed by atoms with Crippen LogP contribution in [-0.2, 0) is 4.79 Å². The summed E-state index contributed by atoms with van der Waals surface area (Å²) in [5, 5.41) is 2.51. The first-order chi connectivity index (χ1) is 11.5. The fraction of sp³-hybridized carbons (Fsp3) is 0.111. The number of alkyl halides is 1. The summed E-state index contributed by atoms with van der Waals surface area (Å²) >= 11 is 12.1. The maximum Gasteiger partial charge on any atom is 0.250 e. The Labute approximate surface area is 148 Å². The molecule has 3 rings (SSSR count). The monoisotopic (exact) mass is 360 g/mol. The van der Waals surface area contributed by atoms with Crippen LogP contribution in [0.15, 0.2) is 48.5 Å². The first-order valence-electron chi connectivity index (χ1n) is 7.29. The summed E-state index contributed by atoms with van der Waals surface area (Å²) in [5.74, 6) is -1.11. The molecule has 2 aromatic carbocycles. The number of carbonyl (C=O) groups is 2. The van der Waals surface area contributed by atoms with E-state index in [0.717, 1.165) is 16.5 Å². The molecule has 0 aliphatic rings. The summed E-state index contributed by atoms with van der Waals surface area (Å²) in [6.45, 7) is 1.87. The number of para-hydroxylation sites is 1. The highest BCUT2D eigenvalue weighted by atomic mass is 35.5. The van der Waals surface area contributed by atoms with Gasteiger partial charge >= 0.3 is 0 Å². The molecule has 6 heteroatoms. The van der Waals surface area contributed by atoms with Gasteiger partial charge in [-0.3, -0.25) is 9.59 Å². The van der Waals surface area contributed by atoms with Crippen LogP contribution in [0.4, 0.5) is 5.69 Å². The number of aryl methyl sites for hydroxylation is 1. The van der Waals surface area contributed by atoms with E-state index in [1.54, 1.807) is 18.2 Å². The quantitative estimate of drug-likeness (QED) is 0.407. The molecule has 1 unspecified atom stereocenters. The van der Waals surface area contributed by atoms with Gasteiger partial charge in [0.2, 0.25) is 5.78 Å². The van der Waals surface area contributed by atoms with Crippen molar-refractivity contribution >= 4 is 51.5 Å². The Morgan fingerprint density at radius 1 is 1.12 bits per heavy atom. The minimum Gasteiger partial charge on any atom is -0.352 e. The summed E-state index contributed by atoms with van der Waals surface area (Å²) in [6.07, 6.45) is 0. The minimum atomic E-state index is -1.35. The summed E-state index contributed by atoms with van der Waals surface area (Å²) in [4.78, 5) is 27.7. The molecule has 4 nitrogen and oxygen atoms in total. The number of hydrogen-bond donors (Lipinski definition) is 2. The Hall–Kier alpha value is -2.30. The Bertz CT molecular complexity index is 901. The number of halogens is 2. The van der Waals surface area contributed by atoms with Crippen molar-refractivity contribution in [1.29, 1.82) is 0 Å². The van der Waals surface area contributed by atoms with Gasteiger partial charge in [0.1, 0.15) is 0 Å². The van der Waals surface area contributed by atoms with Gasteiger partial charge in [-0.25, -0.2) is 0 Å². The molecule has 0 aliphatic carbocycles. The molecule has 1 heterocycles. The Balaban J connectivity index is 1.79. The molecule has 1 amide bonds. The first kappa shape index (κ1) is 16.6. The number of aromatic amines is 1. The van der Waals surface area contributed by atoms with Crippen molar-refractivity contribution in [2.24, 2.45) is 0 Å². The van der Waals surface area contributed by atoms with E-state index in [1.807, 2.05) is 37.3 Å². The number of nitrogens with one attached hydrogen (secondary N) is 2. The van der Waals surface area contributed by atoms with Gasteiger partial charge in [0.25, 0.3) is 5.91 Å². The van der Waals surface area contributed by atoms with E-state index in [1.165, 1.54) is 0 Å². The molecule has 1 aromatic heterocycles. The number of ketones is 1. The maximum atomic E-state index is 12.4. The zero-order valence-corrected chi connectivity index (χ0v) is 14.3. The average molecular weight is 361 g/mol. The molecule has 3 aromatic rings.